The van der Waals surface area contributed by atoms with Crippen molar-refractivity contribution in [1.82, 2.24) is 4.90 Å². The average Bonchev–Trinajstić information content (AvgIpc) is 2.32. The first-order valence-corrected chi connectivity index (χ1v) is 6.54. The highest BCUT2D eigenvalue weighted by Gasteiger charge is 2.36. The summed E-state index contributed by atoms with van der Waals surface area (Å²) in [7, 11) is 0. The number of rotatable bonds is 6. The third-order valence-electron chi connectivity index (χ3n) is 3.59. The molecule has 0 aliphatic heterocycles. The molecule has 3 nitrogen and oxygen atoms in total. The van der Waals surface area contributed by atoms with Gasteiger partial charge in [0.1, 0.15) is 11.4 Å². The summed E-state index contributed by atoms with van der Waals surface area (Å²) in [5, 5.41) is 9.30. The maximum absolute atomic E-state index is 13.6. The highest BCUT2D eigenvalue weighted by molar-refractivity contribution is 5.77. The van der Waals surface area contributed by atoms with Crippen LogP contribution in [-0.4, -0.2) is 34.1 Å². The molecule has 19 heavy (non-hydrogen) atoms. The number of likely N-dealkylation sites (N-methyl/N-ethyl adjacent to an activating group) is 1. The number of hydrogen-bond acceptors (Lipinski definition) is 2. The lowest BCUT2D eigenvalue weighted by Gasteiger charge is -2.39. The Balaban J connectivity index is 2.89. The zero-order valence-corrected chi connectivity index (χ0v) is 12.0. The van der Waals surface area contributed by atoms with E-state index in [2.05, 4.69) is 0 Å². The van der Waals surface area contributed by atoms with Gasteiger partial charge in [-0.2, -0.15) is 0 Å². The SMILES string of the molecule is CCN(C(C)Cc1ccccc1F)C(C)(C)C(=O)O. The van der Waals surface area contributed by atoms with Crippen LogP contribution in [0.2, 0.25) is 0 Å². The minimum absolute atomic E-state index is 0.0481. The van der Waals surface area contributed by atoms with Crippen molar-refractivity contribution in [3.05, 3.63) is 35.6 Å². The molecule has 106 valence electrons. The first-order chi connectivity index (χ1) is 8.80. The Labute approximate surface area is 114 Å². The van der Waals surface area contributed by atoms with Crippen molar-refractivity contribution < 1.29 is 14.3 Å². The number of carbonyl (C=O) groups is 1. The minimum atomic E-state index is -0.959. The van der Waals surface area contributed by atoms with E-state index >= 15 is 0 Å². The number of carboxylic acid groups (broad SMARTS) is 1. The number of hydrogen-bond donors (Lipinski definition) is 1. The fraction of sp³-hybridized carbons (Fsp3) is 0.533. The van der Waals surface area contributed by atoms with Crippen molar-refractivity contribution >= 4 is 5.97 Å². The lowest BCUT2D eigenvalue weighted by Crippen LogP contribution is -2.54. The van der Waals surface area contributed by atoms with Gasteiger partial charge in [-0.05, 0) is 45.4 Å². The molecule has 1 unspecified atom stereocenters. The Bertz CT molecular complexity index is 446. The van der Waals surface area contributed by atoms with Crippen molar-refractivity contribution in [2.75, 3.05) is 6.54 Å². The smallest absolute Gasteiger partial charge is 0.323 e. The van der Waals surface area contributed by atoms with E-state index < -0.39 is 11.5 Å². The highest BCUT2D eigenvalue weighted by atomic mass is 19.1. The topological polar surface area (TPSA) is 40.5 Å². The van der Waals surface area contributed by atoms with Crippen LogP contribution in [0.1, 0.15) is 33.3 Å². The molecule has 0 saturated heterocycles. The summed E-state index contributed by atoms with van der Waals surface area (Å²) >= 11 is 0. The number of aliphatic carboxylic acids is 1. The molecule has 1 rings (SSSR count). The van der Waals surface area contributed by atoms with Crippen LogP contribution in [-0.2, 0) is 11.2 Å². The monoisotopic (exact) mass is 267 g/mol. The van der Waals surface area contributed by atoms with Gasteiger partial charge < -0.3 is 5.11 Å². The van der Waals surface area contributed by atoms with Crippen molar-refractivity contribution in [3.63, 3.8) is 0 Å². The minimum Gasteiger partial charge on any atom is -0.480 e. The summed E-state index contributed by atoms with van der Waals surface area (Å²) in [6.45, 7) is 7.81. The van der Waals surface area contributed by atoms with Crippen LogP contribution in [0.3, 0.4) is 0 Å². The molecule has 1 aromatic rings. The van der Waals surface area contributed by atoms with E-state index in [1.165, 1.54) is 6.07 Å². The van der Waals surface area contributed by atoms with E-state index in [4.69, 9.17) is 0 Å². The molecule has 1 atom stereocenters. The molecule has 0 fully saturated rings. The van der Waals surface area contributed by atoms with E-state index in [0.717, 1.165) is 0 Å². The molecular formula is C15H22FNO2. The lowest BCUT2D eigenvalue weighted by molar-refractivity contribution is -0.150. The predicted molar refractivity (Wildman–Crippen MR) is 73.7 cm³/mol. The Morgan fingerprint density at radius 1 is 1.42 bits per heavy atom. The molecule has 4 heteroatoms. The fourth-order valence-corrected chi connectivity index (χ4v) is 2.47. The molecule has 0 aromatic heterocycles. The molecule has 0 bridgehead atoms. The van der Waals surface area contributed by atoms with Gasteiger partial charge in [-0.25, -0.2) is 4.39 Å². The highest BCUT2D eigenvalue weighted by Crippen LogP contribution is 2.21. The van der Waals surface area contributed by atoms with Gasteiger partial charge in [-0.3, -0.25) is 9.69 Å². The van der Waals surface area contributed by atoms with Gasteiger partial charge in [-0.1, -0.05) is 25.1 Å². The average molecular weight is 267 g/mol. The predicted octanol–water partition coefficient (Wildman–Crippen LogP) is 2.94. The quantitative estimate of drug-likeness (QED) is 0.861. The van der Waals surface area contributed by atoms with E-state index in [9.17, 15) is 14.3 Å². The van der Waals surface area contributed by atoms with Crippen molar-refractivity contribution in [2.45, 2.75) is 45.7 Å². The van der Waals surface area contributed by atoms with Crippen LogP contribution >= 0.6 is 0 Å². The molecule has 0 spiro atoms. The Kier molecular flexibility index (Phi) is 5.06. The third kappa shape index (κ3) is 3.53. The van der Waals surface area contributed by atoms with E-state index in [0.29, 0.717) is 18.5 Å². The Hall–Kier alpha value is -1.42. The number of carboxylic acids is 1. The first-order valence-electron chi connectivity index (χ1n) is 6.54. The molecule has 1 N–H and O–H groups in total. The third-order valence-corrected chi connectivity index (χ3v) is 3.59. The van der Waals surface area contributed by atoms with Gasteiger partial charge in [0.2, 0.25) is 0 Å². The van der Waals surface area contributed by atoms with Crippen LogP contribution in [0.25, 0.3) is 0 Å². The second-order valence-corrected chi connectivity index (χ2v) is 5.29. The molecular weight excluding hydrogens is 245 g/mol. The molecule has 0 amide bonds. The van der Waals surface area contributed by atoms with Gasteiger partial charge >= 0.3 is 5.97 Å². The summed E-state index contributed by atoms with van der Waals surface area (Å²) in [5.41, 5.74) is -0.339. The van der Waals surface area contributed by atoms with Crippen molar-refractivity contribution in [2.24, 2.45) is 0 Å². The van der Waals surface area contributed by atoms with Gasteiger partial charge in [0.25, 0.3) is 0 Å². The summed E-state index contributed by atoms with van der Waals surface area (Å²) < 4.78 is 13.6. The normalized spacial score (nSPS) is 13.6. The summed E-state index contributed by atoms with van der Waals surface area (Å²) in [5.74, 6) is -1.10. The number of nitrogens with zero attached hydrogens (tertiary/aromatic N) is 1. The van der Waals surface area contributed by atoms with Gasteiger partial charge in [0.15, 0.2) is 0 Å². The largest absolute Gasteiger partial charge is 0.480 e. The summed E-state index contributed by atoms with van der Waals surface area (Å²) in [4.78, 5) is 13.2. The van der Waals surface area contributed by atoms with Crippen molar-refractivity contribution in [1.29, 1.82) is 0 Å². The lowest BCUT2D eigenvalue weighted by atomic mass is 9.97. The first kappa shape index (κ1) is 15.6. The maximum atomic E-state index is 13.6. The van der Waals surface area contributed by atoms with Gasteiger partial charge in [0, 0.05) is 6.04 Å². The van der Waals surface area contributed by atoms with E-state index in [1.54, 1.807) is 32.0 Å². The molecule has 1 aromatic carbocycles. The fourth-order valence-electron chi connectivity index (χ4n) is 2.47. The van der Waals surface area contributed by atoms with Crippen LogP contribution < -0.4 is 0 Å². The van der Waals surface area contributed by atoms with E-state index in [-0.39, 0.29) is 11.9 Å². The van der Waals surface area contributed by atoms with Crippen molar-refractivity contribution in [3.8, 4) is 0 Å². The number of benzene rings is 1. The summed E-state index contributed by atoms with van der Waals surface area (Å²) in [6, 6.07) is 6.58. The molecule has 0 aliphatic carbocycles. The van der Waals surface area contributed by atoms with Crippen LogP contribution in [0.15, 0.2) is 24.3 Å². The van der Waals surface area contributed by atoms with Crippen LogP contribution in [0.5, 0.6) is 0 Å². The maximum Gasteiger partial charge on any atom is 0.323 e. The second kappa shape index (κ2) is 6.15. The van der Waals surface area contributed by atoms with Gasteiger partial charge in [-0.15, -0.1) is 0 Å². The number of halogens is 1. The standard InChI is InChI=1S/C15H22FNO2/c1-5-17(15(3,4)14(18)19)11(2)10-12-8-6-7-9-13(12)16/h6-9,11H,5,10H2,1-4H3,(H,18,19). The Morgan fingerprint density at radius 3 is 2.47 bits per heavy atom. The molecule has 0 aliphatic rings. The molecule has 0 radical (unpaired) electrons. The summed E-state index contributed by atoms with van der Waals surface area (Å²) in [6.07, 6.45) is 0.497. The van der Waals surface area contributed by atoms with Crippen LogP contribution in [0, 0.1) is 5.82 Å². The molecule has 0 saturated carbocycles. The zero-order chi connectivity index (χ0) is 14.6. The second-order valence-electron chi connectivity index (χ2n) is 5.29. The Morgan fingerprint density at radius 2 is 2.00 bits per heavy atom. The van der Waals surface area contributed by atoms with Crippen LogP contribution in [0.4, 0.5) is 4.39 Å². The zero-order valence-electron chi connectivity index (χ0n) is 12.0. The van der Waals surface area contributed by atoms with E-state index in [1.807, 2.05) is 18.7 Å². The molecule has 0 heterocycles. The van der Waals surface area contributed by atoms with Gasteiger partial charge in [0.05, 0.1) is 0 Å².